The van der Waals surface area contributed by atoms with Gasteiger partial charge in [0.2, 0.25) is 5.13 Å². The maximum Gasteiger partial charge on any atom is 0.208 e. The number of benzene rings is 1. The van der Waals surface area contributed by atoms with Gasteiger partial charge in [-0.3, -0.25) is 0 Å². The van der Waals surface area contributed by atoms with Crippen LogP contribution in [-0.2, 0) is 6.42 Å². The molecule has 1 aromatic carbocycles. The number of piperidine rings is 1. The fourth-order valence-corrected chi connectivity index (χ4v) is 3.95. The van der Waals surface area contributed by atoms with Gasteiger partial charge in [-0.2, -0.15) is 5.10 Å². The highest BCUT2D eigenvalue weighted by Crippen LogP contribution is 2.26. The third-order valence-corrected chi connectivity index (χ3v) is 5.40. The number of hydrogen-bond acceptors (Lipinski definition) is 7. The summed E-state index contributed by atoms with van der Waals surface area (Å²) in [4.78, 5) is 2.28. The number of anilines is 2. The van der Waals surface area contributed by atoms with Crippen molar-refractivity contribution >= 4 is 22.3 Å². The summed E-state index contributed by atoms with van der Waals surface area (Å²) in [6.07, 6.45) is 4.39. The molecule has 0 unspecified atom stereocenters. The maximum atomic E-state index is 13.0. The van der Waals surface area contributed by atoms with Gasteiger partial charge in [-0.25, -0.2) is 4.39 Å². The first-order valence-corrected chi connectivity index (χ1v) is 9.44. The monoisotopic (exact) mass is 370 g/mol. The van der Waals surface area contributed by atoms with Crippen LogP contribution in [0.4, 0.5) is 15.3 Å². The van der Waals surface area contributed by atoms with E-state index in [0.29, 0.717) is 12.5 Å². The zero-order chi connectivity index (χ0) is 17.8. The third-order valence-electron chi connectivity index (χ3n) is 4.41. The molecule has 8 heteroatoms. The van der Waals surface area contributed by atoms with E-state index in [1.807, 2.05) is 12.1 Å². The van der Waals surface area contributed by atoms with E-state index in [2.05, 4.69) is 30.6 Å². The zero-order valence-electron chi connectivity index (χ0n) is 14.2. The molecule has 2 aromatic heterocycles. The molecule has 1 saturated heterocycles. The van der Waals surface area contributed by atoms with Crippen LogP contribution in [-0.4, -0.2) is 39.5 Å². The van der Waals surface area contributed by atoms with Crippen LogP contribution in [0.3, 0.4) is 0 Å². The van der Waals surface area contributed by atoms with Crippen molar-refractivity contribution in [3.05, 3.63) is 59.0 Å². The molecule has 0 radical (unpaired) electrons. The van der Waals surface area contributed by atoms with E-state index in [1.54, 1.807) is 29.7 Å². The van der Waals surface area contributed by atoms with Gasteiger partial charge >= 0.3 is 0 Å². The Balaban J connectivity index is 1.32. The Morgan fingerprint density at radius 2 is 1.88 bits per heavy atom. The molecular weight excluding hydrogens is 351 g/mol. The second-order valence-corrected chi connectivity index (χ2v) is 7.34. The first-order valence-electron chi connectivity index (χ1n) is 8.62. The largest absolute Gasteiger partial charge is 0.366 e. The highest BCUT2D eigenvalue weighted by atomic mass is 32.1. The van der Waals surface area contributed by atoms with Crippen molar-refractivity contribution < 1.29 is 4.39 Å². The van der Waals surface area contributed by atoms with Crippen molar-refractivity contribution in [3.63, 3.8) is 0 Å². The number of rotatable bonds is 5. The lowest BCUT2D eigenvalue weighted by atomic mass is 10.1. The summed E-state index contributed by atoms with van der Waals surface area (Å²) >= 11 is 1.61. The van der Waals surface area contributed by atoms with E-state index >= 15 is 0 Å². The van der Waals surface area contributed by atoms with Gasteiger partial charge in [0.25, 0.3) is 0 Å². The van der Waals surface area contributed by atoms with Crippen LogP contribution >= 0.6 is 11.3 Å². The molecule has 1 aliphatic heterocycles. The smallest absolute Gasteiger partial charge is 0.208 e. The first kappa shape index (κ1) is 16.8. The lowest BCUT2D eigenvalue weighted by molar-refractivity contribution is 0.523. The lowest BCUT2D eigenvalue weighted by Gasteiger charge is -2.31. The highest BCUT2D eigenvalue weighted by molar-refractivity contribution is 7.15. The quantitative estimate of drug-likeness (QED) is 0.744. The van der Waals surface area contributed by atoms with Crippen molar-refractivity contribution in [1.29, 1.82) is 0 Å². The normalized spacial score (nSPS) is 15.2. The molecule has 1 fully saturated rings. The van der Waals surface area contributed by atoms with E-state index in [4.69, 9.17) is 0 Å². The van der Waals surface area contributed by atoms with Gasteiger partial charge < -0.3 is 10.2 Å². The Kier molecular flexibility index (Phi) is 5.01. The van der Waals surface area contributed by atoms with Gasteiger partial charge in [0.15, 0.2) is 0 Å². The molecule has 0 atom stereocenters. The Hall–Kier alpha value is -2.61. The SMILES string of the molecule is Fc1ccc(Cc2nnc(N3CCC(Nc4cccnn4)CC3)s2)cc1. The molecule has 1 N–H and O–H groups in total. The third kappa shape index (κ3) is 4.13. The molecule has 0 aliphatic carbocycles. The number of nitrogens with zero attached hydrogens (tertiary/aromatic N) is 5. The molecule has 4 rings (SSSR count). The van der Waals surface area contributed by atoms with Gasteiger partial charge in [-0.1, -0.05) is 23.5 Å². The molecule has 0 bridgehead atoms. The van der Waals surface area contributed by atoms with E-state index in [-0.39, 0.29) is 5.82 Å². The Labute approximate surface area is 155 Å². The zero-order valence-corrected chi connectivity index (χ0v) is 15.0. The summed E-state index contributed by atoms with van der Waals surface area (Å²) in [5.74, 6) is 0.605. The molecule has 0 saturated carbocycles. The van der Waals surface area contributed by atoms with Crippen LogP contribution in [0.25, 0.3) is 0 Å². The number of hydrogen-bond donors (Lipinski definition) is 1. The van der Waals surface area contributed by atoms with Crippen LogP contribution in [0.1, 0.15) is 23.4 Å². The Bertz CT molecular complexity index is 830. The second-order valence-electron chi connectivity index (χ2n) is 6.30. The predicted octanol–water partition coefficient (Wildman–Crippen LogP) is 3.14. The fourth-order valence-electron chi connectivity index (χ4n) is 3.02. The Morgan fingerprint density at radius 1 is 1.08 bits per heavy atom. The van der Waals surface area contributed by atoms with Crippen LogP contribution in [0.5, 0.6) is 0 Å². The average molecular weight is 370 g/mol. The van der Waals surface area contributed by atoms with E-state index in [0.717, 1.165) is 47.5 Å². The number of nitrogens with one attached hydrogen (secondary N) is 1. The minimum absolute atomic E-state index is 0.218. The summed E-state index contributed by atoms with van der Waals surface area (Å²) in [6, 6.07) is 10.8. The molecule has 1 aliphatic rings. The number of aromatic nitrogens is 4. The maximum absolute atomic E-state index is 13.0. The lowest BCUT2D eigenvalue weighted by Crippen LogP contribution is -2.39. The average Bonchev–Trinajstić information content (AvgIpc) is 3.14. The van der Waals surface area contributed by atoms with Crippen molar-refractivity contribution in [3.8, 4) is 0 Å². The minimum Gasteiger partial charge on any atom is -0.366 e. The molecule has 6 nitrogen and oxygen atoms in total. The minimum atomic E-state index is -0.218. The predicted molar refractivity (Wildman–Crippen MR) is 100 cm³/mol. The van der Waals surface area contributed by atoms with Crippen molar-refractivity contribution in [2.75, 3.05) is 23.3 Å². The van der Waals surface area contributed by atoms with Crippen molar-refractivity contribution in [2.24, 2.45) is 0 Å². The summed E-state index contributed by atoms with van der Waals surface area (Å²) in [7, 11) is 0. The van der Waals surface area contributed by atoms with Gasteiger partial charge in [-0.05, 0) is 42.7 Å². The summed E-state index contributed by atoms with van der Waals surface area (Å²) in [5.41, 5.74) is 1.04. The second kappa shape index (κ2) is 7.74. The van der Waals surface area contributed by atoms with Gasteiger partial charge in [-0.15, -0.1) is 15.3 Å². The molecule has 26 heavy (non-hydrogen) atoms. The van der Waals surface area contributed by atoms with Crippen molar-refractivity contribution in [2.45, 2.75) is 25.3 Å². The molecule has 0 spiro atoms. The standard InChI is InChI=1S/C18H19FN6S/c19-14-5-3-13(4-6-14)12-17-23-24-18(26-17)25-10-7-15(8-11-25)21-16-2-1-9-20-22-16/h1-6,9,15H,7-8,10-12H2,(H,21,22). The fraction of sp³-hybridized carbons (Fsp3) is 0.333. The van der Waals surface area contributed by atoms with E-state index < -0.39 is 0 Å². The van der Waals surface area contributed by atoms with Gasteiger partial charge in [0.1, 0.15) is 16.6 Å². The molecule has 0 amide bonds. The van der Waals surface area contributed by atoms with Gasteiger partial charge in [0, 0.05) is 31.7 Å². The summed E-state index contributed by atoms with van der Waals surface area (Å²) < 4.78 is 13.0. The van der Waals surface area contributed by atoms with Gasteiger partial charge in [0.05, 0.1) is 0 Å². The molecule has 134 valence electrons. The van der Waals surface area contributed by atoms with Crippen LogP contribution < -0.4 is 10.2 Å². The van der Waals surface area contributed by atoms with Crippen LogP contribution in [0.2, 0.25) is 0 Å². The molecular formula is C18H19FN6S. The van der Waals surface area contributed by atoms with Crippen LogP contribution in [0.15, 0.2) is 42.6 Å². The van der Waals surface area contributed by atoms with E-state index in [1.165, 1.54) is 12.1 Å². The number of halogens is 1. The van der Waals surface area contributed by atoms with Crippen LogP contribution in [0, 0.1) is 5.82 Å². The Morgan fingerprint density at radius 3 is 2.62 bits per heavy atom. The topological polar surface area (TPSA) is 66.8 Å². The van der Waals surface area contributed by atoms with Crippen molar-refractivity contribution in [1.82, 2.24) is 20.4 Å². The van der Waals surface area contributed by atoms with E-state index in [9.17, 15) is 4.39 Å². The summed E-state index contributed by atoms with van der Waals surface area (Å²) in [5, 5.41) is 22.0. The summed E-state index contributed by atoms with van der Waals surface area (Å²) in [6.45, 7) is 1.87. The molecule has 3 aromatic rings. The first-order chi connectivity index (χ1) is 12.8. The highest BCUT2D eigenvalue weighted by Gasteiger charge is 2.22. The molecule has 3 heterocycles.